The quantitative estimate of drug-likeness (QED) is 0.804. The van der Waals surface area contributed by atoms with E-state index in [-0.39, 0.29) is 18.5 Å². The molecule has 5 heteroatoms. The molecule has 1 amide bonds. The lowest BCUT2D eigenvalue weighted by atomic mass is 10.1. The summed E-state index contributed by atoms with van der Waals surface area (Å²) in [7, 11) is 0. The molecule has 0 saturated heterocycles. The van der Waals surface area contributed by atoms with Gasteiger partial charge in [-0.1, -0.05) is 41.4 Å². The zero-order valence-electron chi connectivity index (χ0n) is 13.4. The Morgan fingerprint density at radius 3 is 2.57 bits per heavy atom. The highest BCUT2D eigenvalue weighted by Gasteiger charge is 2.12. The second-order valence-corrected chi connectivity index (χ2v) is 6.48. The van der Waals surface area contributed by atoms with E-state index in [0.29, 0.717) is 10.0 Å². The van der Waals surface area contributed by atoms with E-state index in [0.717, 1.165) is 22.4 Å². The molecule has 0 heterocycles. The first kappa shape index (κ1) is 17.8. The molecule has 0 aliphatic carbocycles. The minimum absolute atomic E-state index is 0.0517. The Bertz CT molecular complexity index is 716. The first-order valence-corrected chi connectivity index (χ1v) is 8.18. The first-order valence-electron chi connectivity index (χ1n) is 7.42. The standard InChI is InChI=1S/C18H20Cl2N2O/c1-11-4-5-12(2)17(8-11)22-18(23)10-21-13(3)15-7-6-14(19)9-16(15)20/h4-9,13,21H,10H2,1-3H3,(H,22,23)/t13-/m0/s1. The van der Waals surface area contributed by atoms with E-state index in [4.69, 9.17) is 23.2 Å². The molecule has 0 aromatic heterocycles. The topological polar surface area (TPSA) is 41.1 Å². The van der Waals surface area contributed by atoms with Gasteiger partial charge in [-0.25, -0.2) is 0 Å². The summed E-state index contributed by atoms with van der Waals surface area (Å²) in [4.78, 5) is 12.1. The molecule has 0 fully saturated rings. The lowest BCUT2D eigenvalue weighted by Crippen LogP contribution is -2.30. The molecule has 122 valence electrons. The number of amides is 1. The van der Waals surface area contributed by atoms with Crippen molar-refractivity contribution in [2.45, 2.75) is 26.8 Å². The van der Waals surface area contributed by atoms with Crippen molar-refractivity contribution >= 4 is 34.8 Å². The van der Waals surface area contributed by atoms with Crippen molar-refractivity contribution < 1.29 is 4.79 Å². The molecular formula is C18H20Cl2N2O. The molecule has 2 aromatic rings. The average molecular weight is 351 g/mol. The zero-order valence-corrected chi connectivity index (χ0v) is 14.9. The van der Waals surface area contributed by atoms with Crippen LogP contribution in [0.5, 0.6) is 0 Å². The van der Waals surface area contributed by atoms with E-state index in [1.54, 1.807) is 12.1 Å². The lowest BCUT2D eigenvalue weighted by Gasteiger charge is -2.16. The number of carbonyl (C=O) groups is 1. The molecule has 2 aromatic carbocycles. The Kier molecular flexibility index (Phi) is 6.05. The van der Waals surface area contributed by atoms with Crippen LogP contribution in [0.3, 0.4) is 0 Å². The number of rotatable bonds is 5. The van der Waals surface area contributed by atoms with E-state index in [9.17, 15) is 4.79 Å². The first-order chi connectivity index (χ1) is 10.9. The van der Waals surface area contributed by atoms with Crippen LogP contribution in [0.15, 0.2) is 36.4 Å². The summed E-state index contributed by atoms with van der Waals surface area (Å²) in [6, 6.07) is 11.3. The Morgan fingerprint density at radius 1 is 1.13 bits per heavy atom. The number of nitrogens with one attached hydrogen (secondary N) is 2. The second-order valence-electron chi connectivity index (χ2n) is 5.63. The Labute approximate surface area is 147 Å². The van der Waals surface area contributed by atoms with Gasteiger partial charge >= 0.3 is 0 Å². The van der Waals surface area contributed by atoms with E-state index in [1.165, 1.54) is 0 Å². The zero-order chi connectivity index (χ0) is 17.0. The highest BCUT2D eigenvalue weighted by Crippen LogP contribution is 2.26. The maximum atomic E-state index is 12.1. The summed E-state index contributed by atoms with van der Waals surface area (Å²) in [5, 5.41) is 7.29. The van der Waals surface area contributed by atoms with Crippen molar-refractivity contribution in [3.63, 3.8) is 0 Å². The van der Waals surface area contributed by atoms with Crippen LogP contribution in [0.25, 0.3) is 0 Å². The van der Waals surface area contributed by atoms with Gasteiger partial charge in [-0.05, 0) is 55.7 Å². The minimum Gasteiger partial charge on any atom is -0.325 e. The van der Waals surface area contributed by atoms with Gasteiger partial charge in [0, 0.05) is 21.8 Å². The third-order valence-corrected chi connectivity index (χ3v) is 4.23. The highest BCUT2D eigenvalue weighted by atomic mass is 35.5. The van der Waals surface area contributed by atoms with Gasteiger partial charge in [-0.3, -0.25) is 4.79 Å². The maximum absolute atomic E-state index is 12.1. The van der Waals surface area contributed by atoms with Crippen molar-refractivity contribution in [3.8, 4) is 0 Å². The number of anilines is 1. The SMILES string of the molecule is Cc1ccc(C)c(NC(=O)CN[C@@H](C)c2ccc(Cl)cc2Cl)c1. The van der Waals surface area contributed by atoms with E-state index < -0.39 is 0 Å². The third-order valence-electron chi connectivity index (χ3n) is 3.66. The van der Waals surface area contributed by atoms with Crippen molar-refractivity contribution in [1.29, 1.82) is 0 Å². The number of hydrogen-bond acceptors (Lipinski definition) is 2. The molecule has 0 aliphatic heterocycles. The van der Waals surface area contributed by atoms with Crippen molar-refractivity contribution in [2.24, 2.45) is 0 Å². The fraction of sp³-hybridized carbons (Fsp3) is 0.278. The molecule has 0 bridgehead atoms. The minimum atomic E-state index is -0.0874. The van der Waals surface area contributed by atoms with Crippen molar-refractivity contribution in [1.82, 2.24) is 5.32 Å². The summed E-state index contributed by atoms with van der Waals surface area (Å²) in [6.07, 6.45) is 0. The van der Waals surface area contributed by atoms with Gasteiger partial charge < -0.3 is 10.6 Å². The lowest BCUT2D eigenvalue weighted by molar-refractivity contribution is -0.115. The molecule has 2 N–H and O–H groups in total. The largest absolute Gasteiger partial charge is 0.325 e. The van der Waals surface area contributed by atoms with Crippen LogP contribution in [0.2, 0.25) is 10.0 Å². The van der Waals surface area contributed by atoms with Gasteiger partial charge in [0.05, 0.1) is 6.54 Å². The van der Waals surface area contributed by atoms with Crippen LogP contribution in [-0.4, -0.2) is 12.5 Å². The summed E-state index contributed by atoms with van der Waals surface area (Å²) < 4.78 is 0. The van der Waals surface area contributed by atoms with E-state index in [1.807, 2.05) is 45.0 Å². The number of halogens is 2. The van der Waals surface area contributed by atoms with Crippen LogP contribution >= 0.6 is 23.2 Å². The Morgan fingerprint density at radius 2 is 1.87 bits per heavy atom. The molecule has 23 heavy (non-hydrogen) atoms. The van der Waals surface area contributed by atoms with Gasteiger partial charge in [-0.2, -0.15) is 0 Å². The van der Waals surface area contributed by atoms with Gasteiger partial charge in [0.2, 0.25) is 5.91 Å². The monoisotopic (exact) mass is 350 g/mol. The summed E-state index contributed by atoms with van der Waals surface area (Å²) in [6.45, 7) is 6.13. The molecule has 0 aliphatic rings. The molecule has 2 rings (SSSR count). The molecular weight excluding hydrogens is 331 g/mol. The normalized spacial score (nSPS) is 12.0. The van der Waals surface area contributed by atoms with Crippen molar-refractivity contribution in [3.05, 3.63) is 63.1 Å². The maximum Gasteiger partial charge on any atom is 0.238 e. The number of benzene rings is 2. The summed E-state index contributed by atoms with van der Waals surface area (Å²) in [5.74, 6) is -0.0874. The molecule has 0 spiro atoms. The van der Waals surface area contributed by atoms with Gasteiger partial charge in [0.15, 0.2) is 0 Å². The molecule has 0 unspecified atom stereocenters. The Balaban J connectivity index is 1.94. The molecule has 1 atom stereocenters. The van der Waals surface area contributed by atoms with Crippen LogP contribution in [0, 0.1) is 13.8 Å². The third kappa shape index (κ3) is 4.96. The van der Waals surface area contributed by atoms with Crippen LogP contribution in [-0.2, 0) is 4.79 Å². The average Bonchev–Trinajstić information content (AvgIpc) is 2.48. The number of hydrogen-bond donors (Lipinski definition) is 2. The summed E-state index contributed by atoms with van der Waals surface area (Å²) >= 11 is 12.1. The fourth-order valence-corrected chi connectivity index (χ4v) is 2.85. The van der Waals surface area contributed by atoms with Crippen LogP contribution in [0.1, 0.15) is 29.7 Å². The second kappa shape index (κ2) is 7.82. The van der Waals surface area contributed by atoms with Gasteiger partial charge in [0.1, 0.15) is 0 Å². The molecule has 3 nitrogen and oxygen atoms in total. The Hall–Kier alpha value is -1.55. The smallest absolute Gasteiger partial charge is 0.238 e. The van der Waals surface area contributed by atoms with Crippen LogP contribution in [0.4, 0.5) is 5.69 Å². The number of aryl methyl sites for hydroxylation is 2. The van der Waals surface area contributed by atoms with E-state index in [2.05, 4.69) is 10.6 Å². The number of carbonyl (C=O) groups excluding carboxylic acids is 1. The van der Waals surface area contributed by atoms with Gasteiger partial charge in [0.25, 0.3) is 0 Å². The molecule has 0 radical (unpaired) electrons. The van der Waals surface area contributed by atoms with E-state index >= 15 is 0 Å². The molecule has 0 saturated carbocycles. The van der Waals surface area contributed by atoms with Gasteiger partial charge in [-0.15, -0.1) is 0 Å². The summed E-state index contributed by atoms with van der Waals surface area (Å²) in [5.41, 5.74) is 3.91. The highest BCUT2D eigenvalue weighted by molar-refractivity contribution is 6.35. The fourth-order valence-electron chi connectivity index (χ4n) is 2.27. The predicted molar refractivity (Wildman–Crippen MR) is 97.4 cm³/mol. The predicted octanol–water partition coefficient (Wildman–Crippen LogP) is 4.90. The van der Waals surface area contributed by atoms with Crippen LogP contribution < -0.4 is 10.6 Å². The van der Waals surface area contributed by atoms with Crippen molar-refractivity contribution in [2.75, 3.05) is 11.9 Å².